The highest BCUT2D eigenvalue weighted by atomic mass is 32.2. The summed E-state index contributed by atoms with van der Waals surface area (Å²) in [6, 6.07) is 7.18. The fourth-order valence-corrected chi connectivity index (χ4v) is 2.65. The van der Waals surface area contributed by atoms with Crippen molar-refractivity contribution >= 4 is 21.4 Å². The standard InChI is InChI=1S/C15H9F6NO4S/c16-14(17,18)26-11-3-1-2-10(8-11)22-13(23)9-4-6-12(7-5-9)27(24,25)15(19,20)21/h1-8H,(H,22,23). The molecule has 2 aromatic rings. The van der Waals surface area contributed by atoms with Crippen molar-refractivity contribution < 1.29 is 44.3 Å². The molecule has 0 aromatic heterocycles. The zero-order valence-corrected chi connectivity index (χ0v) is 13.7. The summed E-state index contributed by atoms with van der Waals surface area (Å²) in [5.41, 5.74) is -5.78. The van der Waals surface area contributed by atoms with Gasteiger partial charge in [-0.15, -0.1) is 13.2 Å². The number of benzene rings is 2. The van der Waals surface area contributed by atoms with Crippen LogP contribution in [0.2, 0.25) is 0 Å². The van der Waals surface area contributed by atoms with Crippen LogP contribution in [0.25, 0.3) is 0 Å². The summed E-state index contributed by atoms with van der Waals surface area (Å²) in [6.45, 7) is 0. The minimum Gasteiger partial charge on any atom is -0.406 e. The molecule has 0 spiro atoms. The van der Waals surface area contributed by atoms with Crippen LogP contribution < -0.4 is 10.1 Å². The fraction of sp³-hybridized carbons (Fsp3) is 0.133. The lowest BCUT2D eigenvalue weighted by Gasteiger charge is -2.11. The molecule has 0 saturated carbocycles. The van der Waals surface area contributed by atoms with Crippen LogP contribution >= 0.6 is 0 Å². The maximum Gasteiger partial charge on any atom is 0.573 e. The molecular formula is C15H9F6NO4S. The van der Waals surface area contributed by atoms with E-state index in [1.807, 2.05) is 0 Å². The van der Waals surface area contributed by atoms with Crippen LogP contribution in [0.5, 0.6) is 5.75 Å². The summed E-state index contributed by atoms with van der Waals surface area (Å²) in [4.78, 5) is 11.0. The molecule has 27 heavy (non-hydrogen) atoms. The lowest BCUT2D eigenvalue weighted by molar-refractivity contribution is -0.274. The highest BCUT2D eigenvalue weighted by Gasteiger charge is 2.46. The van der Waals surface area contributed by atoms with Crippen LogP contribution in [0.1, 0.15) is 10.4 Å². The van der Waals surface area contributed by atoms with Gasteiger partial charge in [0, 0.05) is 17.3 Å². The van der Waals surface area contributed by atoms with Crippen molar-refractivity contribution in [3.05, 3.63) is 54.1 Å². The lowest BCUT2D eigenvalue weighted by Crippen LogP contribution is -2.23. The summed E-state index contributed by atoms with van der Waals surface area (Å²) in [6.07, 6.45) is -4.93. The van der Waals surface area contributed by atoms with Gasteiger partial charge in [-0.1, -0.05) is 6.07 Å². The lowest BCUT2D eigenvalue weighted by atomic mass is 10.2. The first-order valence-corrected chi connectivity index (χ1v) is 8.36. The number of hydrogen-bond donors (Lipinski definition) is 1. The van der Waals surface area contributed by atoms with E-state index in [-0.39, 0.29) is 11.3 Å². The van der Waals surface area contributed by atoms with Crippen molar-refractivity contribution in [2.24, 2.45) is 0 Å². The summed E-state index contributed by atoms with van der Waals surface area (Å²) in [7, 11) is -5.56. The number of anilines is 1. The number of alkyl halides is 6. The molecule has 0 bridgehead atoms. The Kier molecular flexibility index (Phi) is 5.40. The molecule has 2 rings (SSSR count). The Hall–Kier alpha value is -2.76. The smallest absolute Gasteiger partial charge is 0.406 e. The molecule has 0 radical (unpaired) electrons. The molecular weight excluding hydrogens is 404 g/mol. The van der Waals surface area contributed by atoms with Gasteiger partial charge in [-0.25, -0.2) is 8.42 Å². The molecule has 146 valence electrons. The van der Waals surface area contributed by atoms with Crippen molar-refractivity contribution in [1.82, 2.24) is 0 Å². The number of carbonyl (C=O) groups is 1. The minimum absolute atomic E-state index is 0.0752. The van der Waals surface area contributed by atoms with E-state index in [9.17, 15) is 39.6 Å². The first-order valence-electron chi connectivity index (χ1n) is 6.88. The van der Waals surface area contributed by atoms with E-state index in [0.29, 0.717) is 12.1 Å². The molecule has 0 fully saturated rings. The van der Waals surface area contributed by atoms with E-state index in [2.05, 4.69) is 10.1 Å². The molecule has 0 aliphatic heterocycles. The Morgan fingerprint density at radius 3 is 2.04 bits per heavy atom. The molecule has 12 heteroatoms. The molecule has 0 aliphatic rings. The molecule has 0 heterocycles. The number of nitrogens with one attached hydrogen (secondary N) is 1. The van der Waals surface area contributed by atoms with Crippen LogP contribution in [-0.4, -0.2) is 26.2 Å². The summed E-state index contributed by atoms with van der Waals surface area (Å²) in [5, 5.41) is 2.21. The van der Waals surface area contributed by atoms with E-state index in [0.717, 1.165) is 24.3 Å². The zero-order chi connectivity index (χ0) is 20.5. The molecule has 0 atom stereocenters. The van der Waals surface area contributed by atoms with Crippen molar-refractivity contribution in [3.8, 4) is 5.75 Å². The average Bonchev–Trinajstić information content (AvgIpc) is 2.52. The van der Waals surface area contributed by atoms with Crippen LogP contribution in [0.15, 0.2) is 53.4 Å². The van der Waals surface area contributed by atoms with Crippen LogP contribution in [0.4, 0.5) is 32.0 Å². The van der Waals surface area contributed by atoms with Gasteiger partial charge in [0.1, 0.15) is 5.75 Å². The van der Waals surface area contributed by atoms with Gasteiger partial charge in [0.05, 0.1) is 4.90 Å². The highest BCUT2D eigenvalue weighted by Crippen LogP contribution is 2.30. The predicted molar refractivity (Wildman–Crippen MR) is 80.8 cm³/mol. The zero-order valence-electron chi connectivity index (χ0n) is 12.9. The molecule has 2 aromatic carbocycles. The van der Waals surface area contributed by atoms with Crippen molar-refractivity contribution in [2.45, 2.75) is 16.8 Å². The number of sulfone groups is 1. The Morgan fingerprint density at radius 1 is 0.926 bits per heavy atom. The Morgan fingerprint density at radius 2 is 1.52 bits per heavy atom. The van der Waals surface area contributed by atoms with Crippen LogP contribution in [0, 0.1) is 0 Å². The van der Waals surface area contributed by atoms with Gasteiger partial charge >= 0.3 is 11.9 Å². The minimum atomic E-state index is -5.56. The van der Waals surface area contributed by atoms with Crippen molar-refractivity contribution in [3.63, 3.8) is 0 Å². The number of carbonyl (C=O) groups excluding carboxylic acids is 1. The normalized spacial score (nSPS) is 12.5. The molecule has 0 saturated heterocycles. The SMILES string of the molecule is O=C(Nc1cccc(OC(F)(F)F)c1)c1ccc(S(=O)(=O)C(F)(F)F)cc1. The molecule has 0 unspecified atom stereocenters. The summed E-state index contributed by atoms with van der Waals surface area (Å²) < 4.78 is 100. The van der Waals surface area contributed by atoms with Crippen LogP contribution in [-0.2, 0) is 9.84 Å². The molecule has 0 aliphatic carbocycles. The summed E-state index contributed by atoms with van der Waals surface area (Å²) >= 11 is 0. The second kappa shape index (κ2) is 7.10. The van der Waals surface area contributed by atoms with E-state index < -0.39 is 38.3 Å². The Balaban J connectivity index is 2.17. The summed E-state index contributed by atoms with van der Waals surface area (Å²) in [5.74, 6) is -1.47. The van der Waals surface area contributed by atoms with Crippen molar-refractivity contribution in [1.29, 1.82) is 0 Å². The third-order valence-electron chi connectivity index (χ3n) is 3.06. The molecule has 5 nitrogen and oxygen atoms in total. The first-order chi connectivity index (χ1) is 12.3. The average molecular weight is 413 g/mol. The number of ether oxygens (including phenoxy) is 1. The third-order valence-corrected chi connectivity index (χ3v) is 4.56. The van der Waals surface area contributed by atoms with Gasteiger partial charge in [-0.2, -0.15) is 13.2 Å². The maximum atomic E-state index is 12.5. The largest absolute Gasteiger partial charge is 0.573 e. The van der Waals surface area contributed by atoms with Gasteiger partial charge in [-0.3, -0.25) is 4.79 Å². The first kappa shape index (κ1) is 20.6. The molecule has 1 amide bonds. The van der Waals surface area contributed by atoms with Gasteiger partial charge in [0.25, 0.3) is 15.7 Å². The number of amides is 1. The molecule has 1 N–H and O–H groups in total. The van der Waals surface area contributed by atoms with Gasteiger partial charge in [0.15, 0.2) is 0 Å². The Bertz CT molecular complexity index is 936. The van der Waals surface area contributed by atoms with Gasteiger partial charge in [0.2, 0.25) is 0 Å². The number of rotatable bonds is 4. The maximum absolute atomic E-state index is 12.5. The second-order valence-corrected chi connectivity index (χ2v) is 6.94. The van der Waals surface area contributed by atoms with E-state index >= 15 is 0 Å². The highest BCUT2D eigenvalue weighted by molar-refractivity contribution is 7.92. The van der Waals surface area contributed by atoms with E-state index in [4.69, 9.17) is 0 Å². The second-order valence-electron chi connectivity index (χ2n) is 5.00. The monoisotopic (exact) mass is 413 g/mol. The van der Waals surface area contributed by atoms with E-state index in [1.165, 1.54) is 12.1 Å². The van der Waals surface area contributed by atoms with E-state index in [1.54, 1.807) is 0 Å². The predicted octanol–water partition coefficient (Wildman–Crippen LogP) is 4.13. The fourth-order valence-electron chi connectivity index (χ4n) is 1.89. The van der Waals surface area contributed by atoms with Crippen molar-refractivity contribution in [2.75, 3.05) is 5.32 Å². The van der Waals surface area contributed by atoms with Gasteiger partial charge < -0.3 is 10.1 Å². The quantitative estimate of drug-likeness (QED) is 0.766. The Labute approximate surface area is 148 Å². The third kappa shape index (κ3) is 5.12. The van der Waals surface area contributed by atoms with Crippen LogP contribution in [0.3, 0.4) is 0 Å². The van der Waals surface area contributed by atoms with Gasteiger partial charge in [-0.05, 0) is 36.4 Å². The number of hydrogen-bond acceptors (Lipinski definition) is 4. The number of halogens is 6. The topological polar surface area (TPSA) is 72.5 Å².